The lowest BCUT2D eigenvalue weighted by Crippen LogP contribution is -2.01. The van der Waals surface area contributed by atoms with E-state index in [1.165, 1.54) is 11.1 Å². The molecule has 20 heavy (non-hydrogen) atoms. The third kappa shape index (κ3) is 2.62. The molecule has 1 aromatic heterocycles. The number of anilines is 1. The number of ether oxygens (including phenoxy) is 1. The van der Waals surface area contributed by atoms with Crippen LogP contribution in [0.3, 0.4) is 0 Å². The normalized spacial score (nSPS) is 10.8. The first kappa shape index (κ1) is 12.6. The molecule has 0 saturated carbocycles. The van der Waals surface area contributed by atoms with Crippen LogP contribution in [0.25, 0.3) is 10.9 Å². The third-order valence-electron chi connectivity index (χ3n) is 3.46. The zero-order valence-corrected chi connectivity index (χ0v) is 11.5. The van der Waals surface area contributed by atoms with Crippen molar-refractivity contribution in [1.29, 1.82) is 0 Å². The number of fused-ring (bicyclic) bond motifs is 1. The van der Waals surface area contributed by atoms with Crippen LogP contribution in [0.4, 0.5) is 5.69 Å². The number of nitrogen functional groups attached to an aromatic ring is 1. The van der Waals surface area contributed by atoms with Crippen LogP contribution in [0.1, 0.15) is 11.1 Å². The van der Waals surface area contributed by atoms with Crippen molar-refractivity contribution < 1.29 is 4.74 Å². The molecule has 0 aliphatic carbocycles. The number of rotatable bonds is 4. The molecule has 0 amide bonds. The van der Waals surface area contributed by atoms with Crippen molar-refractivity contribution in [3.05, 3.63) is 59.8 Å². The summed E-state index contributed by atoms with van der Waals surface area (Å²) in [5.74, 6) is 0.915. The molecule has 0 unspecified atom stereocenters. The molecular formula is C17H18N2O. The van der Waals surface area contributed by atoms with E-state index < -0.39 is 0 Å². The van der Waals surface area contributed by atoms with Gasteiger partial charge in [0.25, 0.3) is 0 Å². The highest BCUT2D eigenvalue weighted by molar-refractivity contribution is 5.91. The number of aryl methyl sites for hydroxylation is 1. The van der Waals surface area contributed by atoms with Gasteiger partial charge < -0.3 is 15.5 Å². The van der Waals surface area contributed by atoms with E-state index in [2.05, 4.69) is 42.2 Å². The summed E-state index contributed by atoms with van der Waals surface area (Å²) in [7, 11) is 0. The van der Waals surface area contributed by atoms with Crippen molar-refractivity contribution in [3.8, 4) is 5.75 Å². The van der Waals surface area contributed by atoms with Gasteiger partial charge in [-0.05, 0) is 36.8 Å². The summed E-state index contributed by atoms with van der Waals surface area (Å²) in [5, 5.41) is 1.08. The van der Waals surface area contributed by atoms with Crippen LogP contribution in [0, 0.1) is 6.92 Å². The van der Waals surface area contributed by atoms with Crippen LogP contribution in [-0.4, -0.2) is 11.6 Å². The van der Waals surface area contributed by atoms with Crippen LogP contribution < -0.4 is 10.5 Å². The van der Waals surface area contributed by atoms with Gasteiger partial charge in [-0.15, -0.1) is 0 Å². The molecule has 3 aromatic rings. The average molecular weight is 266 g/mol. The van der Waals surface area contributed by atoms with Crippen molar-refractivity contribution in [3.63, 3.8) is 0 Å². The molecule has 102 valence electrons. The molecule has 0 bridgehead atoms. The van der Waals surface area contributed by atoms with Crippen LogP contribution in [0.2, 0.25) is 0 Å². The van der Waals surface area contributed by atoms with Crippen LogP contribution in [0.5, 0.6) is 5.75 Å². The average Bonchev–Trinajstić information content (AvgIpc) is 2.83. The standard InChI is InChI=1S/C17H18N2O/c1-12-2-5-14(6-3-12)20-9-8-13-4-7-17-15(10-13)16(18)11-19-17/h2-7,10-11,19H,8-9,18H2,1H3. The lowest BCUT2D eigenvalue weighted by molar-refractivity contribution is 0.322. The van der Waals surface area contributed by atoms with Gasteiger partial charge in [0, 0.05) is 23.5 Å². The first-order valence-electron chi connectivity index (χ1n) is 6.77. The lowest BCUT2D eigenvalue weighted by Gasteiger charge is -2.07. The summed E-state index contributed by atoms with van der Waals surface area (Å²) in [6, 6.07) is 14.4. The van der Waals surface area contributed by atoms with Gasteiger partial charge >= 0.3 is 0 Å². The van der Waals surface area contributed by atoms with Crippen molar-refractivity contribution in [2.24, 2.45) is 0 Å². The topological polar surface area (TPSA) is 51.0 Å². The molecule has 0 aliphatic rings. The summed E-state index contributed by atoms with van der Waals surface area (Å²) in [6.45, 7) is 2.74. The van der Waals surface area contributed by atoms with Crippen molar-refractivity contribution in [2.75, 3.05) is 12.3 Å². The van der Waals surface area contributed by atoms with E-state index in [1.807, 2.05) is 18.3 Å². The smallest absolute Gasteiger partial charge is 0.119 e. The van der Waals surface area contributed by atoms with Gasteiger partial charge in [0.05, 0.1) is 12.3 Å². The zero-order chi connectivity index (χ0) is 13.9. The summed E-state index contributed by atoms with van der Waals surface area (Å²) in [6.07, 6.45) is 2.70. The Kier molecular flexibility index (Phi) is 3.33. The second-order valence-corrected chi connectivity index (χ2v) is 5.04. The molecule has 3 rings (SSSR count). The predicted molar refractivity (Wildman–Crippen MR) is 83.1 cm³/mol. The summed E-state index contributed by atoms with van der Waals surface area (Å²) >= 11 is 0. The van der Waals surface area contributed by atoms with E-state index in [4.69, 9.17) is 10.5 Å². The fourth-order valence-corrected chi connectivity index (χ4v) is 2.27. The van der Waals surface area contributed by atoms with E-state index >= 15 is 0 Å². The van der Waals surface area contributed by atoms with Crippen LogP contribution >= 0.6 is 0 Å². The van der Waals surface area contributed by atoms with Crippen LogP contribution in [-0.2, 0) is 6.42 Å². The van der Waals surface area contributed by atoms with Gasteiger partial charge in [0.1, 0.15) is 5.75 Å². The molecular weight excluding hydrogens is 248 g/mol. The quantitative estimate of drug-likeness (QED) is 0.756. The van der Waals surface area contributed by atoms with E-state index in [0.717, 1.165) is 28.8 Å². The number of hydrogen-bond acceptors (Lipinski definition) is 2. The number of benzene rings is 2. The highest BCUT2D eigenvalue weighted by Crippen LogP contribution is 2.21. The lowest BCUT2D eigenvalue weighted by atomic mass is 10.1. The summed E-state index contributed by atoms with van der Waals surface area (Å²) in [5.41, 5.74) is 10.3. The van der Waals surface area contributed by atoms with Crippen molar-refractivity contribution >= 4 is 16.6 Å². The molecule has 0 spiro atoms. The monoisotopic (exact) mass is 266 g/mol. The Bertz CT molecular complexity index is 713. The maximum absolute atomic E-state index is 5.92. The third-order valence-corrected chi connectivity index (χ3v) is 3.46. The number of H-pyrrole nitrogens is 1. The molecule has 0 atom stereocenters. The summed E-state index contributed by atoms with van der Waals surface area (Å²) < 4.78 is 5.75. The molecule has 3 heteroatoms. The number of nitrogens with one attached hydrogen (secondary N) is 1. The molecule has 1 heterocycles. The fourth-order valence-electron chi connectivity index (χ4n) is 2.27. The fraction of sp³-hybridized carbons (Fsp3) is 0.176. The Balaban J connectivity index is 1.64. The van der Waals surface area contributed by atoms with Gasteiger partial charge in [-0.1, -0.05) is 23.8 Å². The molecule has 0 aliphatic heterocycles. The summed E-state index contributed by atoms with van der Waals surface area (Å²) in [4.78, 5) is 3.15. The first-order chi connectivity index (χ1) is 9.72. The Morgan fingerprint density at radius 1 is 1.10 bits per heavy atom. The van der Waals surface area contributed by atoms with Gasteiger partial charge in [-0.2, -0.15) is 0 Å². The van der Waals surface area contributed by atoms with Crippen molar-refractivity contribution in [1.82, 2.24) is 4.98 Å². The van der Waals surface area contributed by atoms with E-state index in [0.29, 0.717) is 6.61 Å². The molecule has 0 fully saturated rings. The zero-order valence-electron chi connectivity index (χ0n) is 11.5. The largest absolute Gasteiger partial charge is 0.493 e. The first-order valence-corrected chi connectivity index (χ1v) is 6.77. The maximum atomic E-state index is 5.92. The molecule has 2 aromatic carbocycles. The van der Waals surface area contributed by atoms with E-state index in [1.54, 1.807) is 0 Å². The van der Waals surface area contributed by atoms with Gasteiger partial charge in [-0.3, -0.25) is 0 Å². The van der Waals surface area contributed by atoms with Gasteiger partial charge in [0.15, 0.2) is 0 Å². The van der Waals surface area contributed by atoms with E-state index in [9.17, 15) is 0 Å². The number of nitrogens with two attached hydrogens (primary N) is 1. The number of aromatic amines is 1. The molecule has 0 radical (unpaired) electrons. The molecule has 0 saturated heterocycles. The minimum absolute atomic E-state index is 0.666. The Labute approximate surface area is 118 Å². The minimum Gasteiger partial charge on any atom is -0.493 e. The molecule has 3 N–H and O–H groups in total. The highest BCUT2D eigenvalue weighted by Gasteiger charge is 2.02. The second kappa shape index (κ2) is 5.29. The SMILES string of the molecule is Cc1ccc(OCCc2ccc3[nH]cc(N)c3c2)cc1. The minimum atomic E-state index is 0.666. The van der Waals surface area contributed by atoms with E-state index in [-0.39, 0.29) is 0 Å². The second-order valence-electron chi connectivity index (χ2n) is 5.04. The maximum Gasteiger partial charge on any atom is 0.119 e. The Morgan fingerprint density at radius 3 is 2.70 bits per heavy atom. The predicted octanol–water partition coefficient (Wildman–Crippen LogP) is 3.68. The van der Waals surface area contributed by atoms with Gasteiger partial charge in [-0.25, -0.2) is 0 Å². The number of aromatic nitrogens is 1. The van der Waals surface area contributed by atoms with Crippen molar-refractivity contribution in [2.45, 2.75) is 13.3 Å². The Hall–Kier alpha value is -2.42. The molecule has 3 nitrogen and oxygen atoms in total. The highest BCUT2D eigenvalue weighted by atomic mass is 16.5. The van der Waals surface area contributed by atoms with Gasteiger partial charge in [0.2, 0.25) is 0 Å². The number of hydrogen-bond donors (Lipinski definition) is 2. The Morgan fingerprint density at radius 2 is 1.90 bits per heavy atom. The van der Waals surface area contributed by atoms with Crippen LogP contribution in [0.15, 0.2) is 48.7 Å².